The molecule has 1 radical (unpaired) electrons. The first-order valence-corrected chi connectivity index (χ1v) is 4.42. The highest BCUT2D eigenvalue weighted by atomic mass is 79.9. The molecule has 2 aromatic rings. The highest BCUT2D eigenvalue weighted by Gasteiger charge is 1.99. The molecule has 0 fully saturated rings. The Bertz CT molecular complexity index is 382. The first-order valence-electron chi connectivity index (χ1n) is 3.63. The molecule has 0 atom stereocenters. The lowest BCUT2D eigenvalue weighted by atomic mass is 10.1. The number of fused-ring (bicyclic) bond motifs is 1. The van der Waals surface area contributed by atoms with Crippen LogP contribution in [0, 0.1) is 6.92 Å². The van der Waals surface area contributed by atoms with Gasteiger partial charge in [-0.05, 0) is 33.8 Å². The molecule has 2 rings (SSSR count). The molecule has 1 nitrogen and oxygen atoms in total. The van der Waals surface area contributed by atoms with Crippen LogP contribution < -0.4 is 0 Å². The number of rotatable bonds is 0. The fourth-order valence-corrected chi connectivity index (χ4v) is 1.68. The van der Waals surface area contributed by atoms with Gasteiger partial charge in [0.25, 0.3) is 0 Å². The molecule has 1 aromatic carbocycles. The maximum absolute atomic E-state index is 4.09. The van der Waals surface area contributed by atoms with E-state index < -0.39 is 0 Å². The van der Waals surface area contributed by atoms with Crippen molar-refractivity contribution in [2.24, 2.45) is 0 Å². The van der Waals surface area contributed by atoms with Crippen LogP contribution in [-0.4, -0.2) is 4.98 Å². The van der Waals surface area contributed by atoms with Crippen LogP contribution in [0.4, 0.5) is 0 Å². The summed E-state index contributed by atoms with van der Waals surface area (Å²) in [4.78, 5) is 4.09. The number of aromatic nitrogens is 1. The molecule has 0 saturated heterocycles. The van der Waals surface area contributed by atoms with Gasteiger partial charge in [0, 0.05) is 22.3 Å². The van der Waals surface area contributed by atoms with E-state index in [1.165, 1.54) is 0 Å². The molecule has 0 unspecified atom stereocenters. The molecule has 0 amide bonds. The summed E-state index contributed by atoms with van der Waals surface area (Å²) in [7, 11) is 0. The van der Waals surface area contributed by atoms with Crippen LogP contribution in [-0.2, 0) is 0 Å². The maximum atomic E-state index is 4.09. The minimum Gasteiger partial charge on any atom is -0.263 e. The molecule has 0 bridgehead atoms. The van der Waals surface area contributed by atoms with E-state index in [4.69, 9.17) is 0 Å². The molecule has 0 aliphatic rings. The van der Waals surface area contributed by atoms with E-state index in [-0.39, 0.29) is 0 Å². The van der Waals surface area contributed by atoms with Crippen molar-refractivity contribution in [3.05, 3.63) is 47.6 Å². The van der Waals surface area contributed by atoms with E-state index in [9.17, 15) is 0 Å². The largest absolute Gasteiger partial charge is 0.263 e. The zero-order chi connectivity index (χ0) is 8.55. The Balaban J connectivity index is 2.94. The number of halogens is 1. The fraction of sp³-hybridized carbons (Fsp3) is 0. The standard InChI is InChI=1S/C10H7BrN/c1-7-3-2-4-8-9(7)5-12-6-10(8)11/h2-6H,1H2. The van der Waals surface area contributed by atoms with E-state index in [0.717, 1.165) is 20.8 Å². The summed E-state index contributed by atoms with van der Waals surface area (Å²) in [6.07, 6.45) is 3.63. The second kappa shape index (κ2) is 2.87. The highest BCUT2D eigenvalue weighted by Crippen LogP contribution is 2.24. The summed E-state index contributed by atoms with van der Waals surface area (Å²) in [6.45, 7) is 3.93. The van der Waals surface area contributed by atoms with Gasteiger partial charge in [0.2, 0.25) is 0 Å². The maximum Gasteiger partial charge on any atom is 0.0437 e. The first-order chi connectivity index (χ1) is 5.79. The van der Waals surface area contributed by atoms with Gasteiger partial charge in [-0.3, -0.25) is 4.98 Å². The molecule has 0 spiro atoms. The average molecular weight is 221 g/mol. The van der Waals surface area contributed by atoms with E-state index >= 15 is 0 Å². The summed E-state index contributed by atoms with van der Waals surface area (Å²) in [5, 5.41) is 2.27. The summed E-state index contributed by atoms with van der Waals surface area (Å²) >= 11 is 3.44. The van der Waals surface area contributed by atoms with Gasteiger partial charge >= 0.3 is 0 Å². The number of benzene rings is 1. The third kappa shape index (κ3) is 1.12. The lowest BCUT2D eigenvalue weighted by molar-refractivity contribution is 1.34. The SMILES string of the molecule is [CH2]c1cccc2c(Br)cncc12. The van der Waals surface area contributed by atoms with Gasteiger partial charge in [-0.1, -0.05) is 18.2 Å². The van der Waals surface area contributed by atoms with Gasteiger partial charge in [-0.25, -0.2) is 0 Å². The molecule has 59 valence electrons. The lowest BCUT2D eigenvalue weighted by Gasteiger charge is -2.01. The smallest absolute Gasteiger partial charge is 0.0437 e. The van der Waals surface area contributed by atoms with Crippen molar-refractivity contribution >= 4 is 26.7 Å². The lowest BCUT2D eigenvalue weighted by Crippen LogP contribution is -1.80. The Labute approximate surface area is 79.6 Å². The normalized spacial score (nSPS) is 10.5. The average Bonchev–Trinajstić information content (AvgIpc) is 2.07. The summed E-state index contributed by atoms with van der Waals surface area (Å²) < 4.78 is 1.02. The van der Waals surface area contributed by atoms with E-state index in [0.29, 0.717) is 0 Å². The fourth-order valence-electron chi connectivity index (χ4n) is 1.22. The summed E-state index contributed by atoms with van der Waals surface area (Å²) in [5.41, 5.74) is 1.02. The van der Waals surface area contributed by atoms with Gasteiger partial charge in [0.15, 0.2) is 0 Å². The molecule has 12 heavy (non-hydrogen) atoms. The molecule has 2 heteroatoms. The van der Waals surface area contributed by atoms with Crippen molar-refractivity contribution in [1.82, 2.24) is 4.98 Å². The van der Waals surface area contributed by atoms with E-state index in [2.05, 4.69) is 33.9 Å². The quantitative estimate of drug-likeness (QED) is 0.665. The Hall–Kier alpha value is -0.890. The molecule has 1 heterocycles. The first kappa shape index (κ1) is 7.74. The van der Waals surface area contributed by atoms with Crippen LogP contribution in [0.25, 0.3) is 10.8 Å². The Morgan fingerprint density at radius 1 is 1.17 bits per heavy atom. The van der Waals surface area contributed by atoms with Crippen LogP contribution in [0.2, 0.25) is 0 Å². The number of nitrogens with zero attached hydrogens (tertiary/aromatic N) is 1. The summed E-state index contributed by atoms with van der Waals surface area (Å²) in [6, 6.07) is 6.03. The van der Waals surface area contributed by atoms with E-state index in [1.807, 2.05) is 18.3 Å². The van der Waals surface area contributed by atoms with Crippen molar-refractivity contribution in [3.63, 3.8) is 0 Å². The zero-order valence-corrected chi connectivity index (χ0v) is 8.01. The topological polar surface area (TPSA) is 12.9 Å². The van der Waals surface area contributed by atoms with Crippen molar-refractivity contribution in [2.75, 3.05) is 0 Å². The molecular formula is C10H7BrN. The summed E-state index contributed by atoms with van der Waals surface area (Å²) in [5.74, 6) is 0. The third-order valence-electron chi connectivity index (χ3n) is 1.85. The van der Waals surface area contributed by atoms with Crippen molar-refractivity contribution in [1.29, 1.82) is 0 Å². The molecule has 0 N–H and O–H groups in total. The second-order valence-corrected chi connectivity index (χ2v) is 3.49. The molecule has 0 aliphatic heterocycles. The Morgan fingerprint density at radius 2 is 2.00 bits per heavy atom. The number of hydrogen-bond acceptors (Lipinski definition) is 1. The highest BCUT2D eigenvalue weighted by molar-refractivity contribution is 9.10. The van der Waals surface area contributed by atoms with Crippen molar-refractivity contribution in [2.45, 2.75) is 0 Å². The van der Waals surface area contributed by atoms with Gasteiger partial charge in [-0.15, -0.1) is 0 Å². The minimum absolute atomic E-state index is 1.02. The van der Waals surface area contributed by atoms with Crippen LogP contribution >= 0.6 is 15.9 Å². The van der Waals surface area contributed by atoms with Crippen LogP contribution in [0.3, 0.4) is 0 Å². The van der Waals surface area contributed by atoms with Crippen molar-refractivity contribution in [3.8, 4) is 0 Å². The van der Waals surface area contributed by atoms with E-state index in [1.54, 1.807) is 6.20 Å². The van der Waals surface area contributed by atoms with Crippen LogP contribution in [0.5, 0.6) is 0 Å². The van der Waals surface area contributed by atoms with Crippen molar-refractivity contribution < 1.29 is 0 Å². The Kier molecular flexibility index (Phi) is 1.85. The van der Waals surface area contributed by atoms with Gasteiger partial charge in [-0.2, -0.15) is 0 Å². The molecule has 1 aromatic heterocycles. The predicted molar refractivity (Wildman–Crippen MR) is 53.9 cm³/mol. The molecular weight excluding hydrogens is 214 g/mol. The second-order valence-electron chi connectivity index (χ2n) is 2.63. The van der Waals surface area contributed by atoms with Crippen LogP contribution in [0.1, 0.15) is 5.56 Å². The zero-order valence-electron chi connectivity index (χ0n) is 6.42. The van der Waals surface area contributed by atoms with Gasteiger partial charge < -0.3 is 0 Å². The van der Waals surface area contributed by atoms with Gasteiger partial charge in [0.05, 0.1) is 0 Å². The number of hydrogen-bond donors (Lipinski definition) is 0. The van der Waals surface area contributed by atoms with Crippen LogP contribution in [0.15, 0.2) is 35.1 Å². The Morgan fingerprint density at radius 3 is 2.75 bits per heavy atom. The monoisotopic (exact) mass is 220 g/mol. The predicted octanol–water partition coefficient (Wildman–Crippen LogP) is 3.18. The molecule has 0 saturated carbocycles. The number of pyridine rings is 1. The molecule has 0 aliphatic carbocycles. The minimum atomic E-state index is 1.02. The third-order valence-corrected chi connectivity index (χ3v) is 2.48. The van der Waals surface area contributed by atoms with Gasteiger partial charge in [0.1, 0.15) is 0 Å².